The molecule has 1 heteroatoms. The lowest BCUT2D eigenvalue weighted by atomic mass is 9.90. The van der Waals surface area contributed by atoms with Crippen LogP contribution in [0.5, 0.6) is 0 Å². The zero-order valence-electron chi connectivity index (χ0n) is 14.3. The molecule has 0 heterocycles. The zero-order valence-corrected chi connectivity index (χ0v) is 14.3. The maximum Gasteiger partial charge on any atom is 0.158 e. The quantitative estimate of drug-likeness (QED) is 0.395. The van der Waals surface area contributed by atoms with Crippen molar-refractivity contribution in [2.45, 2.75) is 58.8 Å². The molecule has 1 fully saturated rings. The molecule has 0 aliphatic heterocycles. The maximum atomic E-state index is 12.1. The van der Waals surface area contributed by atoms with E-state index in [2.05, 4.69) is 43.9 Å². The standard InChI is InChI=1S/C22H26O/c1-3-4-5-9-15-21(19-12-7-6-8-13-19)18(2)17-20-14-10-11-16-22(20)23/h6-8,12-13,17H,3-5,10-11,14,16H2,1-2H3/b20-17-,21-18-. The van der Waals surface area contributed by atoms with Crippen LogP contribution in [0.3, 0.4) is 0 Å². The molecule has 0 unspecified atom stereocenters. The van der Waals surface area contributed by atoms with Gasteiger partial charge in [-0.2, -0.15) is 0 Å². The molecule has 0 spiro atoms. The van der Waals surface area contributed by atoms with Crippen LogP contribution in [0.2, 0.25) is 0 Å². The van der Waals surface area contributed by atoms with Gasteiger partial charge >= 0.3 is 0 Å². The second kappa shape index (κ2) is 9.16. The Labute approximate surface area is 140 Å². The second-order valence-electron chi connectivity index (χ2n) is 6.13. The summed E-state index contributed by atoms with van der Waals surface area (Å²) in [5, 5.41) is 0. The van der Waals surface area contributed by atoms with E-state index in [1.807, 2.05) is 18.2 Å². The van der Waals surface area contributed by atoms with Gasteiger partial charge in [-0.25, -0.2) is 0 Å². The molecule has 0 amide bonds. The molecular formula is C22H26O. The number of rotatable bonds is 4. The average Bonchev–Trinajstić information content (AvgIpc) is 2.58. The van der Waals surface area contributed by atoms with Gasteiger partial charge in [0, 0.05) is 18.4 Å². The molecule has 1 nitrogen and oxygen atoms in total. The lowest BCUT2D eigenvalue weighted by Crippen LogP contribution is -2.08. The third kappa shape index (κ3) is 5.25. The van der Waals surface area contributed by atoms with Crippen molar-refractivity contribution < 1.29 is 4.79 Å². The minimum atomic E-state index is 0.307. The summed E-state index contributed by atoms with van der Waals surface area (Å²) in [5.74, 6) is 6.95. The van der Waals surface area contributed by atoms with Gasteiger partial charge in [-0.3, -0.25) is 4.79 Å². The molecule has 0 N–H and O–H groups in total. The third-order valence-corrected chi connectivity index (χ3v) is 4.17. The summed E-state index contributed by atoms with van der Waals surface area (Å²) >= 11 is 0. The molecular weight excluding hydrogens is 280 g/mol. The van der Waals surface area contributed by atoms with E-state index in [1.165, 1.54) is 0 Å². The smallest absolute Gasteiger partial charge is 0.158 e. The maximum absolute atomic E-state index is 12.1. The number of Topliss-reactive ketones (excluding diaryl/α,β-unsaturated/α-hetero) is 1. The molecule has 2 rings (SSSR count). The van der Waals surface area contributed by atoms with Crippen molar-refractivity contribution in [3.8, 4) is 11.8 Å². The molecule has 0 bridgehead atoms. The Balaban J connectivity index is 2.35. The van der Waals surface area contributed by atoms with Gasteiger partial charge in [0.1, 0.15) is 0 Å². The largest absolute Gasteiger partial charge is 0.295 e. The predicted molar refractivity (Wildman–Crippen MR) is 97.9 cm³/mol. The predicted octanol–water partition coefficient (Wildman–Crippen LogP) is 5.72. The van der Waals surface area contributed by atoms with Crippen LogP contribution in [0.1, 0.15) is 64.4 Å². The Kier molecular flexibility index (Phi) is 6.88. The monoisotopic (exact) mass is 306 g/mol. The zero-order chi connectivity index (χ0) is 16.5. The summed E-state index contributed by atoms with van der Waals surface area (Å²) in [4.78, 5) is 12.1. The third-order valence-electron chi connectivity index (χ3n) is 4.17. The summed E-state index contributed by atoms with van der Waals surface area (Å²) in [6.45, 7) is 4.26. The summed E-state index contributed by atoms with van der Waals surface area (Å²) < 4.78 is 0. The van der Waals surface area contributed by atoms with Crippen LogP contribution in [-0.2, 0) is 4.79 Å². The highest BCUT2D eigenvalue weighted by molar-refractivity contribution is 5.97. The molecule has 0 radical (unpaired) electrons. The topological polar surface area (TPSA) is 17.1 Å². The first-order chi connectivity index (χ1) is 11.2. The number of carbonyl (C=O) groups is 1. The summed E-state index contributed by atoms with van der Waals surface area (Å²) in [7, 11) is 0. The van der Waals surface area contributed by atoms with Gasteiger partial charge in [0.15, 0.2) is 5.78 Å². The summed E-state index contributed by atoms with van der Waals surface area (Å²) in [5.41, 5.74) is 4.25. The second-order valence-corrected chi connectivity index (χ2v) is 6.13. The van der Waals surface area contributed by atoms with Gasteiger partial charge in [0.05, 0.1) is 0 Å². The van der Waals surface area contributed by atoms with E-state index >= 15 is 0 Å². The Morgan fingerprint density at radius 3 is 2.61 bits per heavy atom. The Morgan fingerprint density at radius 1 is 1.17 bits per heavy atom. The van der Waals surface area contributed by atoms with Crippen LogP contribution >= 0.6 is 0 Å². The van der Waals surface area contributed by atoms with Gasteiger partial charge in [0.25, 0.3) is 0 Å². The fraction of sp³-hybridized carbons (Fsp3) is 0.409. The fourth-order valence-electron chi connectivity index (χ4n) is 2.81. The van der Waals surface area contributed by atoms with Crippen LogP contribution in [0, 0.1) is 11.8 Å². The lowest BCUT2D eigenvalue weighted by molar-refractivity contribution is -0.116. The molecule has 120 valence electrons. The highest BCUT2D eigenvalue weighted by Gasteiger charge is 2.15. The van der Waals surface area contributed by atoms with Crippen LogP contribution in [0.25, 0.3) is 5.57 Å². The van der Waals surface area contributed by atoms with Crippen LogP contribution in [0.15, 0.2) is 47.6 Å². The van der Waals surface area contributed by atoms with E-state index in [-0.39, 0.29) is 0 Å². The minimum Gasteiger partial charge on any atom is -0.295 e. The van der Waals surface area contributed by atoms with Gasteiger partial charge in [-0.1, -0.05) is 61.6 Å². The molecule has 1 saturated carbocycles. The van der Waals surface area contributed by atoms with Crippen molar-refractivity contribution in [3.05, 3.63) is 53.1 Å². The highest BCUT2D eigenvalue weighted by atomic mass is 16.1. The van der Waals surface area contributed by atoms with Crippen molar-refractivity contribution in [2.24, 2.45) is 0 Å². The Bertz CT molecular complexity index is 650. The summed E-state index contributed by atoms with van der Waals surface area (Å²) in [6, 6.07) is 10.3. The number of unbranched alkanes of at least 4 members (excludes halogenated alkanes) is 2. The van der Waals surface area contributed by atoms with E-state index in [1.54, 1.807) is 0 Å². The molecule has 1 aliphatic rings. The van der Waals surface area contributed by atoms with E-state index in [9.17, 15) is 4.79 Å². The molecule has 0 aromatic heterocycles. The first-order valence-electron chi connectivity index (χ1n) is 8.71. The van der Waals surface area contributed by atoms with Gasteiger partial charge < -0.3 is 0 Å². The van der Waals surface area contributed by atoms with Crippen LogP contribution in [0.4, 0.5) is 0 Å². The highest BCUT2D eigenvalue weighted by Crippen LogP contribution is 2.25. The molecule has 0 saturated heterocycles. The van der Waals surface area contributed by atoms with E-state index in [4.69, 9.17) is 0 Å². The van der Waals surface area contributed by atoms with Crippen LogP contribution < -0.4 is 0 Å². The van der Waals surface area contributed by atoms with Gasteiger partial charge in [-0.15, -0.1) is 0 Å². The average molecular weight is 306 g/mol. The van der Waals surface area contributed by atoms with E-state index in [0.717, 1.165) is 60.8 Å². The number of ketones is 1. The Hall–Kier alpha value is -2.07. The number of hydrogen-bond donors (Lipinski definition) is 0. The van der Waals surface area contributed by atoms with E-state index in [0.29, 0.717) is 12.2 Å². The van der Waals surface area contributed by atoms with Gasteiger partial charge in [0.2, 0.25) is 0 Å². The molecule has 23 heavy (non-hydrogen) atoms. The number of carbonyl (C=O) groups excluding carboxylic acids is 1. The van der Waals surface area contributed by atoms with Crippen LogP contribution in [-0.4, -0.2) is 5.78 Å². The lowest BCUT2D eigenvalue weighted by Gasteiger charge is -2.13. The SMILES string of the molecule is CCCCC#C/C(=C(C)/C=C1/CCCCC1=O)c1ccccc1. The number of hydrogen-bond acceptors (Lipinski definition) is 1. The van der Waals surface area contributed by atoms with Crippen molar-refractivity contribution in [2.75, 3.05) is 0 Å². The van der Waals surface area contributed by atoms with Crippen molar-refractivity contribution >= 4 is 11.4 Å². The molecule has 1 aliphatic carbocycles. The van der Waals surface area contributed by atoms with Crippen molar-refractivity contribution in [3.63, 3.8) is 0 Å². The Morgan fingerprint density at radius 2 is 1.91 bits per heavy atom. The fourth-order valence-corrected chi connectivity index (χ4v) is 2.81. The summed E-state index contributed by atoms with van der Waals surface area (Å²) in [6.07, 6.45) is 9.04. The molecule has 0 atom stereocenters. The number of benzene rings is 1. The minimum absolute atomic E-state index is 0.307. The first kappa shape index (κ1) is 17.3. The van der Waals surface area contributed by atoms with Crippen molar-refractivity contribution in [1.29, 1.82) is 0 Å². The molecule has 1 aromatic carbocycles. The normalized spacial score (nSPS) is 17.5. The van der Waals surface area contributed by atoms with Crippen molar-refractivity contribution in [1.82, 2.24) is 0 Å². The van der Waals surface area contributed by atoms with E-state index < -0.39 is 0 Å². The number of allylic oxidation sites excluding steroid dienone is 4. The first-order valence-corrected chi connectivity index (χ1v) is 8.71. The molecule has 1 aromatic rings. The van der Waals surface area contributed by atoms with Gasteiger partial charge in [-0.05, 0) is 49.3 Å².